The first-order chi connectivity index (χ1) is 10.2. The first-order valence-corrected chi connectivity index (χ1v) is 6.86. The summed E-state index contributed by atoms with van der Waals surface area (Å²) in [6.45, 7) is 1.91. The highest BCUT2D eigenvalue weighted by Gasteiger charge is 2.14. The number of amides is 1. The fraction of sp³-hybridized carbons (Fsp3) is 0.267. The molecule has 0 aliphatic heterocycles. The second-order valence-corrected chi connectivity index (χ2v) is 4.83. The van der Waals surface area contributed by atoms with Crippen LogP contribution in [0.5, 0.6) is 0 Å². The van der Waals surface area contributed by atoms with Crippen LogP contribution in [0.4, 0.5) is 0 Å². The maximum Gasteiger partial charge on any atom is 0.291 e. The second-order valence-electron chi connectivity index (χ2n) is 4.83. The predicted octanol–water partition coefficient (Wildman–Crippen LogP) is 0.958. The molecule has 0 aliphatic carbocycles. The quantitative estimate of drug-likeness (QED) is 0.779. The molecular formula is C15H16N4O2. The van der Waals surface area contributed by atoms with Crippen LogP contribution in [0.25, 0.3) is 16.4 Å². The Balaban J connectivity index is 2.35. The summed E-state index contributed by atoms with van der Waals surface area (Å²) < 4.78 is 3.10. The van der Waals surface area contributed by atoms with Crippen LogP contribution < -0.4 is 10.9 Å². The third-order valence-electron chi connectivity index (χ3n) is 3.55. The zero-order chi connectivity index (χ0) is 15.0. The zero-order valence-corrected chi connectivity index (χ0v) is 12.0. The molecule has 0 unspecified atom stereocenters. The van der Waals surface area contributed by atoms with Crippen molar-refractivity contribution < 1.29 is 4.79 Å². The third kappa shape index (κ3) is 2.08. The number of nitrogens with one attached hydrogen (secondary N) is 1. The van der Waals surface area contributed by atoms with Crippen molar-refractivity contribution in [1.29, 1.82) is 0 Å². The van der Waals surface area contributed by atoms with Gasteiger partial charge in [-0.2, -0.15) is 5.10 Å². The van der Waals surface area contributed by atoms with Crippen molar-refractivity contribution in [2.75, 3.05) is 7.05 Å². The molecule has 1 N–H and O–H groups in total. The van der Waals surface area contributed by atoms with Crippen molar-refractivity contribution in [1.82, 2.24) is 19.5 Å². The molecule has 21 heavy (non-hydrogen) atoms. The van der Waals surface area contributed by atoms with E-state index in [0.717, 1.165) is 16.7 Å². The molecule has 0 saturated carbocycles. The van der Waals surface area contributed by atoms with Crippen molar-refractivity contribution in [3.63, 3.8) is 0 Å². The zero-order valence-electron chi connectivity index (χ0n) is 12.0. The Morgan fingerprint density at radius 2 is 2.05 bits per heavy atom. The number of carbonyl (C=O) groups is 1. The molecule has 0 radical (unpaired) electrons. The summed E-state index contributed by atoms with van der Waals surface area (Å²) in [7, 11) is 1.54. The lowest BCUT2D eigenvalue weighted by Gasteiger charge is -2.09. The van der Waals surface area contributed by atoms with E-state index in [0.29, 0.717) is 11.9 Å². The Hall–Kier alpha value is -2.63. The van der Waals surface area contributed by atoms with E-state index in [1.807, 2.05) is 41.7 Å². The molecule has 2 aromatic heterocycles. The molecule has 3 aromatic rings. The number of benzene rings is 1. The molecule has 0 spiro atoms. The van der Waals surface area contributed by atoms with Gasteiger partial charge < -0.3 is 5.32 Å². The summed E-state index contributed by atoms with van der Waals surface area (Å²) in [5.74, 6) is 0.516. The number of hydrogen-bond acceptors (Lipinski definition) is 3. The van der Waals surface area contributed by atoms with Crippen LogP contribution in [-0.4, -0.2) is 27.1 Å². The van der Waals surface area contributed by atoms with Crippen LogP contribution in [0.2, 0.25) is 0 Å². The molecule has 1 aromatic carbocycles. The van der Waals surface area contributed by atoms with E-state index < -0.39 is 0 Å². The Bertz CT molecular complexity index is 892. The van der Waals surface area contributed by atoms with Crippen molar-refractivity contribution in [3.8, 4) is 0 Å². The lowest BCUT2D eigenvalue weighted by molar-refractivity contribution is -0.121. The van der Waals surface area contributed by atoms with Gasteiger partial charge in [0.25, 0.3) is 5.56 Å². The first kappa shape index (κ1) is 13.4. The molecule has 0 saturated heterocycles. The van der Waals surface area contributed by atoms with Crippen LogP contribution in [-0.2, 0) is 17.8 Å². The summed E-state index contributed by atoms with van der Waals surface area (Å²) in [5.41, 5.74) is 1.25. The van der Waals surface area contributed by atoms with E-state index in [4.69, 9.17) is 0 Å². The summed E-state index contributed by atoms with van der Waals surface area (Å²) >= 11 is 0. The SMILES string of the molecule is CCc1nn(CC(=O)NC)c(=O)c2cc3ccccc3n12. The summed E-state index contributed by atoms with van der Waals surface area (Å²) in [5, 5.41) is 7.83. The average Bonchev–Trinajstić information content (AvgIpc) is 2.90. The third-order valence-corrected chi connectivity index (χ3v) is 3.55. The van der Waals surface area contributed by atoms with Gasteiger partial charge in [0.1, 0.15) is 17.9 Å². The topological polar surface area (TPSA) is 68.4 Å². The van der Waals surface area contributed by atoms with Crippen LogP contribution in [0.1, 0.15) is 12.7 Å². The Morgan fingerprint density at radius 1 is 1.29 bits per heavy atom. The fourth-order valence-corrected chi connectivity index (χ4v) is 2.50. The monoisotopic (exact) mass is 284 g/mol. The predicted molar refractivity (Wildman–Crippen MR) is 80.4 cm³/mol. The van der Waals surface area contributed by atoms with Crippen LogP contribution >= 0.6 is 0 Å². The van der Waals surface area contributed by atoms with Gasteiger partial charge in [-0.15, -0.1) is 0 Å². The minimum absolute atomic E-state index is 0.0691. The molecule has 1 amide bonds. The van der Waals surface area contributed by atoms with E-state index >= 15 is 0 Å². The minimum Gasteiger partial charge on any atom is -0.358 e. The largest absolute Gasteiger partial charge is 0.358 e. The van der Waals surface area contributed by atoms with E-state index in [1.165, 1.54) is 11.7 Å². The van der Waals surface area contributed by atoms with Gasteiger partial charge in [-0.25, -0.2) is 4.68 Å². The van der Waals surface area contributed by atoms with Crippen LogP contribution in [0.3, 0.4) is 0 Å². The highest BCUT2D eigenvalue weighted by atomic mass is 16.2. The van der Waals surface area contributed by atoms with Crippen molar-refractivity contribution in [2.45, 2.75) is 19.9 Å². The summed E-state index contributed by atoms with van der Waals surface area (Å²) in [4.78, 5) is 24.0. The Morgan fingerprint density at radius 3 is 2.76 bits per heavy atom. The first-order valence-electron chi connectivity index (χ1n) is 6.86. The van der Waals surface area contributed by atoms with Gasteiger partial charge >= 0.3 is 0 Å². The molecule has 6 nitrogen and oxygen atoms in total. The molecule has 6 heteroatoms. The molecular weight excluding hydrogens is 268 g/mol. The number of aromatic nitrogens is 3. The standard InChI is InChI=1S/C15H16N4O2/c1-3-13-17-18(9-14(20)16-2)15(21)12-8-10-6-4-5-7-11(10)19(12)13/h4-8H,3,9H2,1-2H3,(H,16,20). The van der Waals surface area contributed by atoms with E-state index in [-0.39, 0.29) is 18.0 Å². The fourth-order valence-electron chi connectivity index (χ4n) is 2.50. The number of hydrogen-bond donors (Lipinski definition) is 1. The molecule has 2 heterocycles. The van der Waals surface area contributed by atoms with Gasteiger partial charge in [0.05, 0.1) is 5.52 Å². The van der Waals surface area contributed by atoms with Crippen LogP contribution in [0.15, 0.2) is 35.1 Å². The lowest BCUT2D eigenvalue weighted by Crippen LogP contribution is -2.33. The van der Waals surface area contributed by atoms with Crippen molar-refractivity contribution in [2.24, 2.45) is 0 Å². The number of likely N-dealkylation sites (N-methyl/N-ethyl adjacent to an activating group) is 1. The summed E-state index contributed by atoms with van der Waals surface area (Å²) in [6, 6.07) is 9.64. The highest BCUT2D eigenvalue weighted by Crippen LogP contribution is 2.19. The van der Waals surface area contributed by atoms with Gasteiger partial charge in [-0.3, -0.25) is 14.0 Å². The van der Waals surface area contributed by atoms with Gasteiger partial charge in [-0.05, 0) is 12.1 Å². The Labute approximate surface area is 121 Å². The van der Waals surface area contributed by atoms with Gasteiger partial charge in [0.15, 0.2) is 0 Å². The number of nitrogens with zero attached hydrogens (tertiary/aromatic N) is 3. The molecule has 108 valence electrons. The number of rotatable bonds is 3. The maximum atomic E-state index is 12.5. The van der Waals surface area contributed by atoms with Gasteiger partial charge in [0.2, 0.25) is 5.91 Å². The number of fused-ring (bicyclic) bond motifs is 3. The van der Waals surface area contributed by atoms with Gasteiger partial charge in [-0.1, -0.05) is 25.1 Å². The molecule has 0 aliphatic rings. The lowest BCUT2D eigenvalue weighted by atomic mass is 10.2. The van der Waals surface area contributed by atoms with Gasteiger partial charge in [0, 0.05) is 18.9 Å². The minimum atomic E-state index is -0.257. The normalized spacial score (nSPS) is 11.1. The van der Waals surface area contributed by atoms with E-state index in [9.17, 15) is 9.59 Å². The van der Waals surface area contributed by atoms with E-state index in [2.05, 4.69) is 10.4 Å². The molecule has 3 rings (SSSR count). The van der Waals surface area contributed by atoms with Crippen molar-refractivity contribution >= 4 is 22.3 Å². The molecule has 0 bridgehead atoms. The number of para-hydroxylation sites is 1. The maximum absolute atomic E-state index is 12.5. The Kier molecular flexibility index (Phi) is 3.21. The highest BCUT2D eigenvalue weighted by molar-refractivity contribution is 5.87. The smallest absolute Gasteiger partial charge is 0.291 e. The van der Waals surface area contributed by atoms with Crippen molar-refractivity contribution in [3.05, 3.63) is 46.5 Å². The molecule has 0 fully saturated rings. The van der Waals surface area contributed by atoms with E-state index in [1.54, 1.807) is 0 Å². The van der Waals surface area contributed by atoms with Crippen LogP contribution in [0, 0.1) is 0 Å². The number of aryl methyl sites for hydroxylation is 1. The average molecular weight is 284 g/mol. The second kappa shape index (κ2) is 5.05. The number of carbonyl (C=O) groups excluding carboxylic acids is 1. The summed E-state index contributed by atoms with van der Waals surface area (Å²) in [6.07, 6.45) is 0.670. The molecule has 0 atom stereocenters.